The summed E-state index contributed by atoms with van der Waals surface area (Å²) in [5, 5.41) is 3.86. The molecule has 22 heavy (non-hydrogen) atoms. The molecule has 2 aromatic carbocycles. The number of carbonyl (C=O) groups excluding carboxylic acids is 1. The molecule has 0 aliphatic heterocycles. The predicted molar refractivity (Wildman–Crippen MR) is 87.2 cm³/mol. The highest BCUT2D eigenvalue weighted by Crippen LogP contribution is 2.25. The van der Waals surface area contributed by atoms with Gasteiger partial charge in [-0.05, 0) is 29.8 Å². The van der Waals surface area contributed by atoms with Gasteiger partial charge in [-0.25, -0.2) is 0 Å². The van der Waals surface area contributed by atoms with Crippen LogP contribution in [0.1, 0.15) is 15.9 Å². The minimum absolute atomic E-state index is 0.259. The molecule has 0 fully saturated rings. The number of halogens is 2. The minimum Gasteiger partial charge on any atom is -0.497 e. The number of nitrogens with one attached hydrogen (secondary N) is 1. The van der Waals surface area contributed by atoms with Crippen molar-refractivity contribution in [3.05, 3.63) is 57.6 Å². The molecule has 2 aromatic rings. The minimum atomic E-state index is -0.259. The SMILES string of the molecule is COc1ccc(C(=O)NCc2ccc(Cl)cc2Cl)c(OC)c1. The molecule has 0 unspecified atom stereocenters. The Morgan fingerprint density at radius 1 is 1.09 bits per heavy atom. The molecule has 1 N–H and O–H groups in total. The van der Waals surface area contributed by atoms with Gasteiger partial charge in [-0.1, -0.05) is 29.3 Å². The second-order valence-electron chi connectivity index (χ2n) is 4.48. The highest BCUT2D eigenvalue weighted by Gasteiger charge is 2.13. The quantitative estimate of drug-likeness (QED) is 0.897. The fourth-order valence-electron chi connectivity index (χ4n) is 1.92. The molecule has 0 bridgehead atoms. The van der Waals surface area contributed by atoms with Gasteiger partial charge >= 0.3 is 0 Å². The number of benzene rings is 2. The zero-order valence-corrected chi connectivity index (χ0v) is 13.7. The summed E-state index contributed by atoms with van der Waals surface area (Å²) >= 11 is 11.9. The van der Waals surface area contributed by atoms with E-state index in [9.17, 15) is 4.79 Å². The highest BCUT2D eigenvalue weighted by molar-refractivity contribution is 6.35. The van der Waals surface area contributed by atoms with E-state index in [4.69, 9.17) is 32.7 Å². The van der Waals surface area contributed by atoms with Crippen LogP contribution >= 0.6 is 23.2 Å². The fourth-order valence-corrected chi connectivity index (χ4v) is 2.40. The van der Waals surface area contributed by atoms with E-state index in [1.807, 2.05) is 0 Å². The first-order chi connectivity index (χ1) is 10.5. The summed E-state index contributed by atoms with van der Waals surface area (Å²) in [7, 11) is 3.05. The third kappa shape index (κ3) is 3.84. The lowest BCUT2D eigenvalue weighted by Crippen LogP contribution is -2.23. The largest absolute Gasteiger partial charge is 0.497 e. The Labute approximate surface area is 138 Å². The molecule has 1 amide bonds. The monoisotopic (exact) mass is 339 g/mol. The first kappa shape index (κ1) is 16.5. The topological polar surface area (TPSA) is 47.6 Å². The number of amides is 1. The maximum Gasteiger partial charge on any atom is 0.255 e. The Hall–Kier alpha value is -1.91. The van der Waals surface area contributed by atoms with Crippen LogP contribution in [0.2, 0.25) is 10.0 Å². The zero-order valence-electron chi connectivity index (χ0n) is 12.2. The fraction of sp³-hybridized carbons (Fsp3) is 0.188. The third-order valence-corrected chi connectivity index (χ3v) is 3.69. The first-order valence-corrected chi connectivity index (χ1v) is 7.25. The molecule has 0 radical (unpaired) electrons. The lowest BCUT2D eigenvalue weighted by atomic mass is 10.1. The number of carbonyl (C=O) groups is 1. The number of rotatable bonds is 5. The van der Waals surface area contributed by atoms with E-state index in [-0.39, 0.29) is 5.91 Å². The lowest BCUT2D eigenvalue weighted by molar-refractivity contribution is 0.0948. The predicted octanol–water partition coefficient (Wildman–Crippen LogP) is 3.94. The molecule has 0 heterocycles. The smallest absolute Gasteiger partial charge is 0.255 e. The average molecular weight is 340 g/mol. The van der Waals surface area contributed by atoms with Crippen molar-refractivity contribution >= 4 is 29.1 Å². The van der Waals surface area contributed by atoms with Crippen LogP contribution in [0.25, 0.3) is 0 Å². The summed E-state index contributed by atoms with van der Waals surface area (Å²) in [5.74, 6) is 0.804. The molecule has 0 aliphatic rings. The van der Waals surface area contributed by atoms with E-state index in [2.05, 4.69) is 5.32 Å². The van der Waals surface area contributed by atoms with E-state index in [0.717, 1.165) is 5.56 Å². The molecule has 0 aliphatic carbocycles. The molecular weight excluding hydrogens is 325 g/mol. The summed E-state index contributed by atoms with van der Waals surface area (Å²) in [6, 6.07) is 10.1. The van der Waals surface area contributed by atoms with Crippen LogP contribution in [0.3, 0.4) is 0 Å². The summed E-state index contributed by atoms with van der Waals surface area (Å²) in [4.78, 5) is 12.3. The second-order valence-corrected chi connectivity index (χ2v) is 5.33. The van der Waals surface area contributed by atoms with Gasteiger partial charge in [0.15, 0.2) is 0 Å². The van der Waals surface area contributed by atoms with E-state index >= 15 is 0 Å². The summed E-state index contributed by atoms with van der Waals surface area (Å²) < 4.78 is 10.3. The molecular formula is C16H15Cl2NO3. The van der Waals surface area contributed by atoms with Gasteiger partial charge in [0.25, 0.3) is 5.91 Å². The van der Waals surface area contributed by atoms with Crippen LogP contribution in [0.5, 0.6) is 11.5 Å². The number of hydrogen-bond donors (Lipinski definition) is 1. The summed E-state index contributed by atoms with van der Waals surface area (Å²) in [5.41, 5.74) is 1.21. The van der Waals surface area contributed by atoms with Gasteiger partial charge in [0.05, 0.1) is 19.8 Å². The van der Waals surface area contributed by atoms with Gasteiger partial charge in [-0.3, -0.25) is 4.79 Å². The maximum absolute atomic E-state index is 12.3. The van der Waals surface area contributed by atoms with Crippen molar-refractivity contribution in [3.63, 3.8) is 0 Å². The van der Waals surface area contributed by atoms with E-state index in [1.54, 1.807) is 43.5 Å². The van der Waals surface area contributed by atoms with Crippen molar-refractivity contribution in [1.29, 1.82) is 0 Å². The van der Waals surface area contributed by atoms with Gasteiger partial charge in [0.1, 0.15) is 11.5 Å². The van der Waals surface area contributed by atoms with Crippen LogP contribution in [0.15, 0.2) is 36.4 Å². The molecule has 0 aromatic heterocycles. The molecule has 0 spiro atoms. The summed E-state index contributed by atoms with van der Waals surface area (Å²) in [6.45, 7) is 0.296. The Balaban J connectivity index is 2.12. The van der Waals surface area contributed by atoms with Gasteiger partial charge in [-0.2, -0.15) is 0 Å². The Morgan fingerprint density at radius 3 is 2.50 bits per heavy atom. The summed E-state index contributed by atoms with van der Waals surface area (Å²) in [6.07, 6.45) is 0. The van der Waals surface area contributed by atoms with Crippen molar-refractivity contribution in [2.75, 3.05) is 14.2 Å². The molecule has 116 valence electrons. The Kier molecular flexibility index (Phi) is 5.52. The molecule has 2 rings (SSSR count). The molecule has 6 heteroatoms. The van der Waals surface area contributed by atoms with E-state index in [0.29, 0.717) is 33.7 Å². The third-order valence-electron chi connectivity index (χ3n) is 3.11. The zero-order chi connectivity index (χ0) is 16.1. The highest BCUT2D eigenvalue weighted by atomic mass is 35.5. The van der Waals surface area contributed by atoms with Crippen LogP contribution in [0, 0.1) is 0 Å². The first-order valence-electron chi connectivity index (χ1n) is 6.49. The number of methoxy groups -OCH3 is 2. The molecule has 0 saturated heterocycles. The standard InChI is InChI=1S/C16H15Cl2NO3/c1-21-12-5-6-13(15(8-12)22-2)16(20)19-9-10-3-4-11(17)7-14(10)18/h3-8H,9H2,1-2H3,(H,19,20). The van der Waals surface area contributed by atoms with Crippen molar-refractivity contribution in [3.8, 4) is 11.5 Å². The maximum atomic E-state index is 12.3. The molecule has 4 nitrogen and oxygen atoms in total. The van der Waals surface area contributed by atoms with Crippen LogP contribution < -0.4 is 14.8 Å². The van der Waals surface area contributed by atoms with Crippen molar-refractivity contribution in [2.45, 2.75) is 6.54 Å². The lowest BCUT2D eigenvalue weighted by Gasteiger charge is -2.11. The van der Waals surface area contributed by atoms with Gasteiger partial charge in [0, 0.05) is 22.7 Å². The van der Waals surface area contributed by atoms with Crippen molar-refractivity contribution in [1.82, 2.24) is 5.32 Å². The number of hydrogen-bond acceptors (Lipinski definition) is 3. The van der Waals surface area contributed by atoms with Crippen LogP contribution in [-0.4, -0.2) is 20.1 Å². The van der Waals surface area contributed by atoms with Crippen molar-refractivity contribution < 1.29 is 14.3 Å². The normalized spacial score (nSPS) is 10.2. The van der Waals surface area contributed by atoms with Crippen LogP contribution in [-0.2, 0) is 6.54 Å². The number of ether oxygens (including phenoxy) is 2. The van der Waals surface area contributed by atoms with E-state index < -0.39 is 0 Å². The Morgan fingerprint density at radius 2 is 1.86 bits per heavy atom. The molecule has 0 atom stereocenters. The van der Waals surface area contributed by atoms with Gasteiger partial charge in [0.2, 0.25) is 0 Å². The molecule has 0 saturated carbocycles. The van der Waals surface area contributed by atoms with Gasteiger partial charge < -0.3 is 14.8 Å². The van der Waals surface area contributed by atoms with E-state index in [1.165, 1.54) is 7.11 Å². The Bertz CT molecular complexity index is 689. The van der Waals surface area contributed by atoms with Crippen LogP contribution in [0.4, 0.5) is 0 Å². The second kappa shape index (κ2) is 7.38. The average Bonchev–Trinajstić information content (AvgIpc) is 2.53. The van der Waals surface area contributed by atoms with Gasteiger partial charge in [-0.15, -0.1) is 0 Å². The van der Waals surface area contributed by atoms with Crippen molar-refractivity contribution in [2.24, 2.45) is 0 Å².